The van der Waals surface area contributed by atoms with Crippen molar-refractivity contribution in [2.24, 2.45) is 11.3 Å². The zero-order chi connectivity index (χ0) is 35.9. The number of nitrogens with zero attached hydrogens (tertiary/aromatic N) is 2. The maximum Gasteiger partial charge on any atom is 0.309 e. The molecule has 2 rings (SSSR count). The first kappa shape index (κ1) is 40.7. The van der Waals surface area contributed by atoms with Crippen molar-refractivity contribution < 1.29 is 24.3 Å². The van der Waals surface area contributed by atoms with Crippen LogP contribution in [0.3, 0.4) is 0 Å². The molecule has 0 spiro atoms. The van der Waals surface area contributed by atoms with E-state index in [1.54, 1.807) is 19.2 Å². The summed E-state index contributed by atoms with van der Waals surface area (Å²) in [7, 11) is 1.84. The van der Waals surface area contributed by atoms with Gasteiger partial charge in [-0.3, -0.25) is 19.2 Å². The molecule has 0 saturated heterocycles. The van der Waals surface area contributed by atoms with Gasteiger partial charge in [-0.05, 0) is 69.6 Å². The molecule has 0 aliphatic rings. The van der Waals surface area contributed by atoms with E-state index in [0.29, 0.717) is 30.8 Å². The van der Waals surface area contributed by atoms with Crippen LogP contribution in [0.25, 0.3) is 0 Å². The fraction of sp³-hybridized carbons (Fsp3) is 0.649. The molecule has 2 aromatic rings. The molecule has 11 heteroatoms. The van der Waals surface area contributed by atoms with E-state index >= 15 is 0 Å². The average Bonchev–Trinajstić information content (AvgIpc) is 3.53. The Bertz CT molecular complexity index is 1310. The Balaban J connectivity index is 2.34. The Labute approximate surface area is 291 Å². The highest BCUT2D eigenvalue weighted by atomic mass is 32.1. The number of hydrogen-bond donors (Lipinski definition) is 4. The summed E-state index contributed by atoms with van der Waals surface area (Å²) in [6, 6.07) is 6.75. The standard InChI is InChI=1S/C37H59N5O5S/c1-9-11-13-14-20-42(33(44)15-12-10-2)32(25(3)4)22-30(39-26(5)43)35-41-31(24-48-35)34(45)40-29(23-37(6,7)36(46)47)21-27-16-18-28(38-8)19-17-27/h16-19,24-25,29-30,32,38H,9-15,20-23H2,1-8H3,(H,39,43)(H,40,45)(H,46,47). The number of anilines is 1. The number of aromatic nitrogens is 1. The molecule has 0 aliphatic heterocycles. The minimum Gasteiger partial charge on any atom is -0.481 e. The fourth-order valence-electron chi connectivity index (χ4n) is 5.90. The van der Waals surface area contributed by atoms with Crippen LogP contribution in [0, 0.1) is 11.3 Å². The van der Waals surface area contributed by atoms with Gasteiger partial charge >= 0.3 is 5.97 Å². The van der Waals surface area contributed by atoms with E-state index in [1.165, 1.54) is 18.3 Å². The third-order valence-electron chi connectivity index (χ3n) is 8.79. The van der Waals surface area contributed by atoms with E-state index in [-0.39, 0.29) is 35.9 Å². The number of carboxylic acid groups (broad SMARTS) is 1. The molecule has 3 atom stereocenters. The summed E-state index contributed by atoms with van der Waals surface area (Å²) >= 11 is 1.30. The molecule has 1 aromatic carbocycles. The number of carboxylic acids is 1. The van der Waals surface area contributed by atoms with Crippen molar-refractivity contribution in [2.75, 3.05) is 18.9 Å². The summed E-state index contributed by atoms with van der Waals surface area (Å²) in [4.78, 5) is 58.2. The maximum atomic E-state index is 13.6. The molecule has 0 fully saturated rings. The first-order valence-electron chi connectivity index (χ1n) is 17.5. The highest BCUT2D eigenvalue weighted by Gasteiger charge is 2.33. The average molecular weight is 686 g/mol. The Morgan fingerprint density at radius 2 is 1.65 bits per heavy atom. The SMILES string of the molecule is CCCCCCN(C(=O)CCCC)C(CC(NC(C)=O)c1nc(C(=O)NC(Cc2ccc(NC)cc2)CC(C)(C)C(=O)O)cs1)C(C)C. The second kappa shape index (κ2) is 20.1. The van der Waals surface area contributed by atoms with E-state index in [9.17, 15) is 24.3 Å². The van der Waals surface area contributed by atoms with Crippen molar-refractivity contribution in [1.29, 1.82) is 0 Å². The predicted molar refractivity (Wildman–Crippen MR) is 194 cm³/mol. The highest BCUT2D eigenvalue weighted by Crippen LogP contribution is 2.30. The first-order valence-corrected chi connectivity index (χ1v) is 18.4. The number of carbonyl (C=O) groups excluding carboxylic acids is 3. The van der Waals surface area contributed by atoms with Crippen LogP contribution in [0.15, 0.2) is 29.6 Å². The lowest BCUT2D eigenvalue weighted by atomic mass is 9.84. The van der Waals surface area contributed by atoms with Crippen molar-refractivity contribution in [2.45, 2.75) is 131 Å². The zero-order valence-corrected chi connectivity index (χ0v) is 31.2. The van der Waals surface area contributed by atoms with Crippen LogP contribution in [-0.2, 0) is 20.8 Å². The largest absolute Gasteiger partial charge is 0.481 e. The van der Waals surface area contributed by atoms with E-state index in [0.717, 1.165) is 49.8 Å². The van der Waals surface area contributed by atoms with Gasteiger partial charge in [0.1, 0.15) is 10.7 Å². The summed E-state index contributed by atoms with van der Waals surface area (Å²) in [5.41, 5.74) is 1.08. The molecule has 1 aromatic heterocycles. The molecular weight excluding hydrogens is 627 g/mol. The fourth-order valence-corrected chi connectivity index (χ4v) is 6.77. The van der Waals surface area contributed by atoms with Crippen LogP contribution < -0.4 is 16.0 Å². The zero-order valence-electron chi connectivity index (χ0n) is 30.4. The minimum atomic E-state index is -1.06. The summed E-state index contributed by atoms with van der Waals surface area (Å²) in [6.07, 6.45) is 7.67. The summed E-state index contributed by atoms with van der Waals surface area (Å²) < 4.78 is 0. The number of amides is 3. The second-order valence-corrected chi connectivity index (χ2v) is 14.7. The Morgan fingerprint density at radius 3 is 2.21 bits per heavy atom. The Kier molecular flexibility index (Phi) is 17.1. The molecule has 0 bridgehead atoms. The maximum absolute atomic E-state index is 13.6. The Morgan fingerprint density at radius 1 is 0.979 bits per heavy atom. The molecule has 4 N–H and O–H groups in total. The summed E-state index contributed by atoms with van der Waals surface area (Å²) in [5.74, 6) is -1.26. The van der Waals surface area contributed by atoms with Crippen LogP contribution in [-0.4, -0.2) is 64.4 Å². The number of rotatable bonds is 22. The predicted octanol–water partition coefficient (Wildman–Crippen LogP) is 7.22. The van der Waals surface area contributed by atoms with Gasteiger partial charge in [-0.25, -0.2) is 4.98 Å². The van der Waals surface area contributed by atoms with Crippen LogP contribution in [0.4, 0.5) is 5.69 Å². The lowest BCUT2D eigenvalue weighted by Gasteiger charge is -2.37. The van der Waals surface area contributed by atoms with Crippen LogP contribution in [0.5, 0.6) is 0 Å². The van der Waals surface area contributed by atoms with Gasteiger partial charge in [-0.2, -0.15) is 0 Å². The number of hydrogen-bond acceptors (Lipinski definition) is 7. The summed E-state index contributed by atoms with van der Waals surface area (Å²) in [5, 5.41) is 21.3. The van der Waals surface area contributed by atoms with Gasteiger partial charge in [0.2, 0.25) is 11.8 Å². The van der Waals surface area contributed by atoms with Crippen molar-refractivity contribution in [1.82, 2.24) is 20.5 Å². The van der Waals surface area contributed by atoms with Crippen molar-refractivity contribution >= 4 is 40.7 Å². The van der Waals surface area contributed by atoms with Gasteiger partial charge in [-0.1, -0.05) is 65.5 Å². The van der Waals surface area contributed by atoms with Crippen molar-refractivity contribution in [3.05, 3.63) is 45.9 Å². The number of thiazole rings is 1. The number of aliphatic carboxylic acids is 1. The van der Waals surface area contributed by atoms with Gasteiger partial charge < -0.3 is 26.0 Å². The third kappa shape index (κ3) is 13.2. The van der Waals surface area contributed by atoms with Gasteiger partial charge in [0.15, 0.2) is 0 Å². The van der Waals surface area contributed by atoms with Crippen LogP contribution in [0.1, 0.15) is 133 Å². The third-order valence-corrected chi connectivity index (χ3v) is 9.75. The van der Waals surface area contributed by atoms with Crippen LogP contribution >= 0.6 is 11.3 Å². The van der Waals surface area contributed by atoms with E-state index < -0.39 is 29.4 Å². The second-order valence-electron chi connectivity index (χ2n) is 13.8. The molecule has 48 heavy (non-hydrogen) atoms. The van der Waals surface area contributed by atoms with Gasteiger partial charge in [0.25, 0.3) is 5.91 Å². The van der Waals surface area contributed by atoms with Crippen molar-refractivity contribution in [3.8, 4) is 0 Å². The molecule has 0 radical (unpaired) electrons. The monoisotopic (exact) mass is 685 g/mol. The van der Waals surface area contributed by atoms with E-state index in [4.69, 9.17) is 4.98 Å². The number of unbranched alkanes of at least 4 members (excludes halogenated alkanes) is 4. The normalized spacial score (nSPS) is 13.4. The highest BCUT2D eigenvalue weighted by molar-refractivity contribution is 7.09. The summed E-state index contributed by atoms with van der Waals surface area (Å²) in [6.45, 7) is 13.9. The molecule has 3 amide bonds. The molecule has 1 heterocycles. The quantitative estimate of drug-likeness (QED) is 0.0960. The lowest BCUT2D eigenvalue weighted by Crippen LogP contribution is -2.46. The number of nitrogens with one attached hydrogen (secondary N) is 3. The van der Waals surface area contributed by atoms with Crippen LogP contribution in [0.2, 0.25) is 0 Å². The minimum absolute atomic E-state index is 0.120. The topological polar surface area (TPSA) is 141 Å². The number of benzene rings is 1. The molecule has 3 unspecified atom stereocenters. The van der Waals surface area contributed by atoms with E-state index in [1.807, 2.05) is 36.2 Å². The van der Waals surface area contributed by atoms with E-state index in [2.05, 4.69) is 43.6 Å². The molecule has 0 saturated carbocycles. The van der Waals surface area contributed by atoms with Gasteiger partial charge in [0, 0.05) is 50.1 Å². The number of carbonyl (C=O) groups is 4. The first-order chi connectivity index (χ1) is 22.7. The van der Waals surface area contributed by atoms with Gasteiger partial charge in [0.05, 0.1) is 11.5 Å². The molecule has 0 aliphatic carbocycles. The Hall–Kier alpha value is -3.47. The molecule has 10 nitrogen and oxygen atoms in total. The smallest absolute Gasteiger partial charge is 0.309 e. The lowest BCUT2D eigenvalue weighted by molar-refractivity contribution is -0.147. The van der Waals surface area contributed by atoms with Crippen molar-refractivity contribution in [3.63, 3.8) is 0 Å². The molecule has 268 valence electrons. The molecular formula is C37H59N5O5S. The van der Waals surface area contributed by atoms with Gasteiger partial charge in [-0.15, -0.1) is 11.3 Å².